The van der Waals surface area contributed by atoms with Crippen molar-refractivity contribution in [2.24, 2.45) is 0 Å². The van der Waals surface area contributed by atoms with Crippen LogP contribution in [0.2, 0.25) is 0 Å². The molecule has 0 unspecified atom stereocenters. The zero-order chi connectivity index (χ0) is 11.9. The molecule has 0 saturated heterocycles. The Morgan fingerprint density at radius 3 is 1.35 bits per heavy atom. The van der Waals surface area contributed by atoms with Gasteiger partial charge in [0.1, 0.15) is 0 Å². The van der Waals surface area contributed by atoms with Gasteiger partial charge in [0.15, 0.2) is 0 Å². The van der Waals surface area contributed by atoms with Crippen LogP contribution in [0.3, 0.4) is 0 Å². The molecule has 0 bridgehead atoms. The summed E-state index contributed by atoms with van der Waals surface area (Å²) in [6.45, 7) is 4.57. The summed E-state index contributed by atoms with van der Waals surface area (Å²) in [4.78, 5) is 0. The van der Waals surface area contributed by atoms with E-state index in [0.717, 1.165) is 0 Å². The maximum absolute atomic E-state index is 2.52. The van der Waals surface area contributed by atoms with Crippen molar-refractivity contribution in [3.8, 4) is 0 Å². The van der Waals surface area contributed by atoms with Gasteiger partial charge in [0.2, 0.25) is 0 Å². The third kappa shape index (κ3) is 19.1. The standard InChI is InChI=1S/C16H33.Li/c1-3-5-7-9-11-13-15-16-14-12-10-8-6-4-2;/h13H,3-12,14-16H2,1-2H3;/q-1;+1. The molecule has 0 aliphatic carbocycles. The first-order valence-corrected chi connectivity index (χ1v) is 7.73. The Kier molecular flexibility index (Phi) is 22.2. The Hall–Kier alpha value is 0.597. The molecule has 0 nitrogen and oxygen atoms in total. The van der Waals surface area contributed by atoms with E-state index in [1.54, 1.807) is 0 Å². The van der Waals surface area contributed by atoms with Gasteiger partial charge in [-0.1, -0.05) is 84.5 Å². The molecule has 0 saturated carbocycles. The Morgan fingerprint density at radius 1 is 0.529 bits per heavy atom. The normalized spacial score (nSPS) is 10.2. The monoisotopic (exact) mass is 232 g/mol. The van der Waals surface area contributed by atoms with E-state index in [4.69, 9.17) is 0 Å². The zero-order valence-corrected chi connectivity index (χ0v) is 12.8. The minimum Gasteiger partial charge on any atom is -0.328 e. The van der Waals surface area contributed by atoms with Gasteiger partial charge in [-0.05, 0) is 0 Å². The van der Waals surface area contributed by atoms with Gasteiger partial charge in [0.05, 0.1) is 0 Å². The summed E-state index contributed by atoms with van der Waals surface area (Å²) >= 11 is 0. The summed E-state index contributed by atoms with van der Waals surface area (Å²) in [7, 11) is 0. The molecule has 0 spiro atoms. The largest absolute Gasteiger partial charge is 1.00 e. The smallest absolute Gasteiger partial charge is 0.328 e. The van der Waals surface area contributed by atoms with Crippen LogP contribution in [0.5, 0.6) is 0 Å². The van der Waals surface area contributed by atoms with Gasteiger partial charge in [-0.15, -0.1) is 0 Å². The van der Waals surface area contributed by atoms with Crippen molar-refractivity contribution in [3.05, 3.63) is 6.42 Å². The topological polar surface area (TPSA) is 0 Å². The Morgan fingerprint density at radius 2 is 0.882 bits per heavy atom. The van der Waals surface area contributed by atoms with Crippen LogP contribution in [0.15, 0.2) is 0 Å². The van der Waals surface area contributed by atoms with E-state index in [-0.39, 0.29) is 18.9 Å². The maximum Gasteiger partial charge on any atom is 1.00 e. The summed E-state index contributed by atoms with van der Waals surface area (Å²) in [5, 5.41) is 0. The zero-order valence-electron chi connectivity index (χ0n) is 12.8. The third-order valence-corrected chi connectivity index (χ3v) is 3.27. The number of hydrogen-bond acceptors (Lipinski definition) is 0. The molecule has 0 heterocycles. The molecule has 0 aromatic carbocycles. The average molecular weight is 232 g/mol. The second-order valence-electron chi connectivity index (χ2n) is 5.05. The van der Waals surface area contributed by atoms with Crippen molar-refractivity contribution >= 4 is 0 Å². The summed E-state index contributed by atoms with van der Waals surface area (Å²) in [5.41, 5.74) is 0. The van der Waals surface area contributed by atoms with Crippen molar-refractivity contribution in [2.45, 2.75) is 97.3 Å². The van der Waals surface area contributed by atoms with Gasteiger partial charge >= 0.3 is 18.9 Å². The number of unbranched alkanes of at least 4 members (excludes halogenated alkanes) is 13. The van der Waals surface area contributed by atoms with Crippen LogP contribution in [0.1, 0.15) is 97.3 Å². The van der Waals surface area contributed by atoms with E-state index in [2.05, 4.69) is 20.3 Å². The molecule has 0 amide bonds. The van der Waals surface area contributed by atoms with E-state index in [0.29, 0.717) is 0 Å². The number of hydrogen-bond donors (Lipinski definition) is 0. The molecule has 0 aromatic heterocycles. The molecule has 0 radical (unpaired) electrons. The van der Waals surface area contributed by atoms with Crippen molar-refractivity contribution < 1.29 is 18.9 Å². The minimum absolute atomic E-state index is 0. The van der Waals surface area contributed by atoms with Crippen LogP contribution in [0.4, 0.5) is 0 Å². The Bertz CT molecular complexity index is 98.1. The first-order chi connectivity index (χ1) is 7.91. The maximum atomic E-state index is 2.52. The van der Waals surface area contributed by atoms with Crippen molar-refractivity contribution in [1.82, 2.24) is 0 Å². The van der Waals surface area contributed by atoms with E-state index in [9.17, 15) is 0 Å². The predicted molar refractivity (Wildman–Crippen MR) is 75.7 cm³/mol. The molecule has 0 aliphatic rings. The first-order valence-electron chi connectivity index (χ1n) is 7.73. The van der Waals surface area contributed by atoms with Crippen LogP contribution < -0.4 is 18.9 Å². The summed E-state index contributed by atoms with van der Waals surface area (Å²) < 4.78 is 0. The molecular formula is C16H33Li. The molecule has 0 N–H and O–H groups in total. The van der Waals surface area contributed by atoms with Gasteiger partial charge < -0.3 is 6.42 Å². The van der Waals surface area contributed by atoms with Crippen molar-refractivity contribution in [1.29, 1.82) is 0 Å². The van der Waals surface area contributed by atoms with E-state index < -0.39 is 0 Å². The van der Waals surface area contributed by atoms with Crippen LogP contribution >= 0.6 is 0 Å². The summed E-state index contributed by atoms with van der Waals surface area (Å²) in [5.74, 6) is 0. The van der Waals surface area contributed by atoms with Gasteiger partial charge in [0, 0.05) is 0 Å². The molecule has 0 atom stereocenters. The van der Waals surface area contributed by atoms with Gasteiger partial charge in [0.25, 0.3) is 0 Å². The van der Waals surface area contributed by atoms with Gasteiger partial charge in [-0.3, -0.25) is 0 Å². The van der Waals surface area contributed by atoms with Gasteiger partial charge in [-0.2, -0.15) is 12.8 Å². The van der Waals surface area contributed by atoms with E-state index >= 15 is 0 Å². The van der Waals surface area contributed by atoms with Crippen molar-refractivity contribution in [3.63, 3.8) is 0 Å². The fourth-order valence-electron chi connectivity index (χ4n) is 2.11. The fourth-order valence-corrected chi connectivity index (χ4v) is 2.11. The van der Waals surface area contributed by atoms with Crippen LogP contribution in [0.25, 0.3) is 0 Å². The molecule has 0 aromatic rings. The second-order valence-corrected chi connectivity index (χ2v) is 5.05. The summed E-state index contributed by atoms with van der Waals surface area (Å²) in [6.07, 6.45) is 20.9. The molecule has 1 heteroatoms. The molecular weight excluding hydrogens is 199 g/mol. The van der Waals surface area contributed by atoms with Crippen molar-refractivity contribution in [2.75, 3.05) is 0 Å². The predicted octanol–water partition coefficient (Wildman–Crippen LogP) is 3.31. The average Bonchev–Trinajstić information content (AvgIpc) is 2.31. The fraction of sp³-hybridized carbons (Fsp3) is 0.938. The van der Waals surface area contributed by atoms with Crippen LogP contribution in [0, 0.1) is 6.42 Å². The quantitative estimate of drug-likeness (QED) is 0.260. The minimum atomic E-state index is 0. The van der Waals surface area contributed by atoms with Gasteiger partial charge in [-0.25, -0.2) is 0 Å². The van der Waals surface area contributed by atoms with Crippen LogP contribution in [-0.2, 0) is 0 Å². The van der Waals surface area contributed by atoms with E-state index in [1.807, 2.05) is 0 Å². The molecule has 17 heavy (non-hydrogen) atoms. The third-order valence-electron chi connectivity index (χ3n) is 3.27. The molecule has 0 fully saturated rings. The molecule has 98 valence electrons. The van der Waals surface area contributed by atoms with Crippen LogP contribution in [-0.4, -0.2) is 0 Å². The Labute approximate surface area is 123 Å². The molecule has 0 aliphatic heterocycles. The second kappa shape index (κ2) is 18.9. The number of rotatable bonds is 13. The first kappa shape index (κ1) is 19.9. The Balaban J connectivity index is 0. The SMILES string of the molecule is CCCCCC[CH-]CCCCCCCCC.[Li+]. The van der Waals surface area contributed by atoms with E-state index in [1.165, 1.54) is 83.5 Å². The molecule has 0 rings (SSSR count). The summed E-state index contributed by atoms with van der Waals surface area (Å²) in [6, 6.07) is 0.